The minimum absolute atomic E-state index is 0. The van der Waals surface area contributed by atoms with Crippen LogP contribution >= 0.6 is 0 Å². The van der Waals surface area contributed by atoms with E-state index in [1.54, 1.807) is 0 Å². The van der Waals surface area contributed by atoms with Gasteiger partial charge in [-0.25, -0.2) is 0 Å². The third-order valence-corrected chi connectivity index (χ3v) is 1.55. The fourth-order valence-corrected chi connectivity index (χ4v) is 1.06. The molecule has 0 atom stereocenters. The van der Waals surface area contributed by atoms with Crippen molar-refractivity contribution in [1.29, 1.82) is 0 Å². The molecule has 0 fully saturated rings. The first-order valence-electron chi connectivity index (χ1n) is 3.35. The van der Waals surface area contributed by atoms with Gasteiger partial charge >= 0.3 is 0 Å². The van der Waals surface area contributed by atoms with Gasteiger partial charge in [-0.15, -0.1) is 0 Å². The van der Waals surface area contributed by atoms with Gasteiger partial charge in [-0.1, -0.05) is 24.3 Å². The van der Waals surface area contributed by atoms with Crippen LogP contribution in [0.25, 0.3) is 6.08 Å². The van der Waals surface area contributed by atoms with E-state index in [0.29, 0.717) is 6.61 Å². The molecule has 0 aliphatic carbocycles. The van der Waals surface area contributed by atoms with E-state index in [2.05, 4.69) is 6.08 Å². The Morgan fingerprint density at radius 3 is 2.82 bits per heavy atom. The van der Waals surface area contributed by atoms with Gasteiger partial charge in [0.05, 0.1) is 0 Å². The van der Waals surface area contributed by atoms with Crippen LogP contribution in [-0.4, -0.2) is 24.0 Å². The lowest BCUT2D eigenvalue weighted by atomic mass is 10.1. The second-order valence-corrected chi connectivity index (χ2v) is 2.25. The smallest absolute Gasteiger partial charge is 0.126 e. The Balaban J connectivity index is 0.000000605. The molecule has 53 valence electrons. The van der Waals surface area contributed by atoms with E-state index in [9.17, 15) is 0 Å². The standard InChI is InChI=1S/C9H8O.Al/c1-2-6-9-8(4-1)5-3-7-10-9;/h1-6H,7H2;. The molecule has 0 bridgehead atoms. The Morgan fingerprint density at radius 1 is 1.18 bits per heavy atom. The summed E-state index contributed by atoms with van der Waals surface area (Å²) in [5.41, 5.74) is 1.17. The van der Waals surface area contributed by atoms with Gasteiger partial charge in [-0.3, -0.25) is 0 Å². The molecule has 0 aromatic heterocycles. The maximum atomic E-state index is 5.34. The van der Waals surface area contributed by atoms with Crippen LogP contribution in [0.4, 0.5) is 0 Å². The van der Waals surface area contributed by atoms with E-state index in [0.717, 1.165) is 5.75 Å². The average Bonchev–Trinajstić information content (AvgIpc) is 2.05. The molecular formula is C9H8AlO. The normalized spacial score (nSPS) is 12.7. The van der Waals surface area contributed by atoms with Gasteiger partial charge in [0, 0.05) is 22.9 Å². The van der Waals surface area contributed by atoms with Crippen molar-refractivity contribution in [1.82, 2.24) is 0 Å². The molecule has 0 spiro atoms. The number of fused-ring (bicyclic) bond motifs is 1. The Hall–Kier alpha value is -0.708. The molecule has 1 heterocycles. The molecule has 1 aromatic rings. The second-order valence-electron chi connectivity index (χ2n) is 2.25. The van der Waals surface area contributed by atoms with Crippen molar-refractivity contribution in [2.45, 2.75) is 0 Å². The Morgan fingerprint density at radius 2 is 2.00 bits per heavy atom. The number of para-hydroxylation sites is 1. The lowest BCUT2D eigenvalue weighted by Gasteiger charge is -2.10. The topological polar surface area (TPSA) is 9.23 Å². The van der Waals surface area contributed by atoms with Crippen molar-refractivity contribution in [3.8, 4) is 5.75 Å². The summed E-state index contributed by atoms with van der Waals surface area (Å²) in [6.07, 6.45) is 4.10. The van der Waals surface area contributed by atoms with E-state index in [-0.39, 0.29) is 17.4 Å². The molecule has 0 N–H and O–H groups in total. The highest BCUT2D eigenvalue weighted by Gasteiger charge is 2.01. The number of rotatable bonds is 0. The minimum Gasteiger partial charge on any atom is -0.489 e. The van der Waals surface area contributed by atoms with Crippen LogP contribution < -0.4 is 4.74 Å². The molecule has 0 saturated heterocycles. The number of benzene rings is 1. The summed E-state index contributed by atoms with van der Waals surface area (Å²) >= 11 is 0. The molecule has 1 nitrogen and oxygen atoms in total. The Bertz CT molecular complexity index is 268. The van der Waals surface area contributed by atoms with Crippen LogP contribution in [0.3, 0.4) is 0 Å². The van der Waals surface area contributed by atoms with Gasteiger partial charge in [0.1, 0.15) is 12.4 Å². The SMILES string of the molecule is C1=Cc2ccccc2OC1.[Al]. The fraction of sp³-hybridized carbons (Fsp3) is 0.111. The Kier molecular flexibility index (Phi) is 2.76. The summed E-state index contributed by atoms with van der Waals surface area (Å²) in [5.74, 6) is 0.991. The van der Waals surface area contributed by atoms with Crippen molar-refractivity contribution in [2.24, 2.45) is 0 Å². The monoisotopic (exact) mass is 159 g/mol. The van der Waals surface area contributed by atoms with Crippen LogP contribution in [0.15, 0.2) is 30.3 Å². The lowest BCUT2D eigenvalue weighted by molar-refractivity contribution is 0.358. The van der Waals surface area contributed by atoms with Crippen molar-refractivity contribution < 1.29 is 4.74 Å². The van der Waals surface area contributed by atoms with Gasteiger partial charge in [0.2, 0.25) is 0 Å². The highest BCUT2D eigenvalue weighted by Crippen LogP contribution is 2.21. The van der Waals surface area contributed by atoms with Crippen LogP contribution in [0.2, 0.25) is 0 Å². The first-order valence-corrected chi connectivity index (χ1v) is 3.35. The third kappa shape index (κ3) is 1.65. The summed E-state index contributed by atoms with van der Waals surface area (Å²) in [4.78, 5) is 0. The predicted molar refractivity (Wildman–Crippen MR) is 46.7 cm³/mol. The summed E-state index contributed by atoms with van der Waals surface area (Å²) in [5, 5.41) is 0. The molecule has 3 radical (unpaired) electrons. The van der Waals surface area contributed by atoms with Crippen molar-refractivity contribution in [3.05, 3.63) is 35.9 Å². The number of hydrogen-bond acceptors (Lipinski definition) is 1. The first kappa shape index (κ1) is 8.39. The van der Waals surface area contributed by atoms with Crippen LogP contribution in [-0.2, 0) is 0 Å². The molecule has 11 heavy (non-hydrogen) atoms. The molecule has 0 unspecified atom stereocenters. The predicted octanol–water partition coefficient (Wildman–Crippen LogP) is 1.71. The van der Waals surface area contributed by atoms with Gasteiger partial charge in [-0.2, -0.15) is 0 Å². The van der Waals surface area contributed by atoms with E-state index in [4.69, 9.17) is 4.74 Å². The quantitative estimate of drug-likeness (QED) is 0.523. The van der Waals surface area contributed by atoms with Crippen molar-refractivity contribution in [3.63, 3.8) is 0 Å². The molecule has 1 aliphatic rings. The highest BCUT2D eigenvalue weighted by atomic mass is 27.0. The fourth-order valence-electron chi connectivity index (χ4n) is 1.06. The van der Waals surface area contributed by atoms with Crippen LogP contribution in [0, 0.1) is 0 Å². The molecule has 2 heteroatoms. The average molecular weight is 159 g/mol. The first-order chi connectivity index (χ1) is 4.97. The van der Waals surface area contributed by atoms with Gasteiger partial charge in [-0.05, 0) is 12.1 Å². The van der Waals surface area contributed by atoms with Gasteiger partial charge < -0.3 is 4.74 Å². The maximum absolute atomic E-state index is 5.34. The summed E-state index contributed by atoms with van der Waals surface area (Å²) in [7, 11) is 0. The number of ether oxygens (including phenoxy) is 1. The summed E-state index contributed by atoms with van der Waals surface area (Å²) in [6.45, 7) is 0.705. The van der Waals surface area contributed by atoms with Gasteiger partial charge in [0.25, 0.3) is 0 Å². The zero-order valence-corrected chi connectivity index (χ0v) is 7.31. The highest BCUT2D eigenvalue weighted by molar-refractivity contribution is 5.75. The zero-order chi connectivity index (χ0) is 6.81. The van der Waals surface area contributed by atoms with Crippen molar-refractivity contribution >= 4 is 23.4 Å². The molecule has 0 amide bonds. The molecular weight excluding hydrogens is 151 g/mol. The van der Waals surface area contributed by atoms with Crippen LogP contribution in [0.1, 0.15) is 5.56 Å². The van der Waals surface area contributed by atoms with E-state index in [1.807, 2.05) is 30.3 Å². The lowest BCUT2D eigenvalue weighted by Crippen LogP contribution is -1.98. The molecule has 2 rings (SSSR count). The third-order valence-electron chi connectivity index (χ3n) is 1.55. The largest absolute Gasteiger partial charge is 0.489 e. The van der Waals surface area contributed by atoms with E-state index < -0.39 is 0 Å². The molecule has 1 aromatic carbocycles. The van der Waals surface area contributed by atoms with E-state index >= 15 is 0 Å². The Labute approximate surface area is 76.8 Å². The summed E-state index contributed by atoms with van der Waals surface area (Å²) in [6, 6.07) is 8.03. The molecule has 0 saturated carbocycles. The molecule has 1 aliphatic heterocycles. The van der Waals surface area contributed by atoms with Crippen LogP contribution in [0.5, 0.6) is 5.75 Å². The maximum Gasteiger partial charge on any atom is 0.126 e. The second kappa shape index (κ2) is 3.62. The minimum atomic E-state index is 0. The van der Waals surface area contributed by atoms with Crippen molar-refractivity contribution in [2.75, 3.05) is 6.61 Å². The van der Waals surface area contributed by atoms with E-state index in [1.165, 1.54) is 5.56 Å². The summed E-state index contributed by atoms with van der Waals surface area (Å²) < 4.78 is 5.34. The van der Waals surface area contributed by atoms with Gasteiger partial charge in [0.15, 0.2) is 0 Å². The number of hydrogen-bond donors (Lipinski definition) is 0. The zero-order valence-electron chi connectivity index (χ0n) is 6.16.